The standard InChI is InChI=1S/C18H22FNO/c1-13-4-2-5-14(10-13)8-9-18(21)17(12-20)15-6-3-7-16(19)11-15/h2-7,10-11,17-18,21H,8-9,12,20H2,1H3. The molecule has 0 saturated carbocycles. The lowest BCUT2D eigenvalue weighted by molar-refractivity contribution is 0.136. The average molecular weight is 287 g/mol. The normalized spacial score (nSPS) is 13.9. The lowest BCUT2D eigenvalue weighted by Crippen LogP contribution is -2.26. The van der Waals surface area contributed by atoms with E-state index in [1.54, 1.807) is 6.07 Å². The number of halogens is 1. The largest absolute Gasteiger partial charge is 0.392 e. The summed E-state index contributed by atoms with van der Waals surface area (Å²) in [6.07, 6.45) is 0.827. The fourth-order valence-corrected chi connectivity index (χ4v) is 2.64. The molecule has 2 atom stereocenters. The fraction of sp³-hybridized carbons (Fsp3) is 0.333. The molecule has 2 nitrogen and oxygen atoms in total. The number of hydrogen-bond donors (Lipinski definition) is 2. The van der Waals surface area contributed by atoms with E-state index in [4.69, 9.17) is 5.73 Å². The van der Waals surface area contributed by atoms with Crippen LogP contribution >= 0.6 is 0 Å². The van der Waals surface area contributed by atoms with Crippen LogP contribution in [0.5, 0.6) is 0 Å². The highest BCUT2D eigenvalue weighted by atomic mass is 19.1. The second-order valence-corrected chi connectivity index (χ2v) is 5.49. The first kappa shape index (κ1) is 15.7. The minimum Gasteiger partial charge on any atom is -0.392 e. The fourth-order valence-electron chi connectivity index (χ4n) is 2.64. The molecule has 0 bridgehead atoms. The summed E-state index contributed by atoms with van der Waals surface area (Å²) in [5, 5.41) is 10.4. The molecule has 0 aliphatic rings. The Balaban J connectivity index is 2.02. The molecule has 2 unspecified atom stereocenters. The molecular formula is C18H22FNO. The van der Waals surface area contributed by atoms with Gasteiger partial charge >= 0.3 is 0 Å². The summed E-state index contributed by atoms with van der Waals surface area (Å²) in [5.41, 5.74) is 8.93. The Morgan fingerprint density at radius 2 is 1.90 bits per heavy atom. The summed E-state index contributed by atoms with van der Waals surface area (Å²) in [6.45, 7) is 2.35. The highest BCUT2D eigenvalue weighted by molar-refractivity contribution is 5.24. The predicted octanol–water partition coefficient (Wildman–Crippen LogP) is 3.17. The van der Waals surface area contributed by atoms with Crippen molar-refractivity contribution in [1.29, 1.82) is 0 Å². The maximum atomic E-state index is 13.3. The van der Waals surface area contributed by atoms with Crippen LogP contribution in [0, 0.1) is 12.7 Å². The molecule has 0 saturated heterocycles. The molecule has 2 aromatic rings. The van der Waals surface area contributed by atoms with Gasteiger partial charge in [0.05, 0.1) is 6.10 Å². The number of rotatable bonds is 6. The summed E-state index contributed by atoms with van der Waals surface area (Å²) < 4.78 is 13.3. The van der Waals surface area contributed by atoms with Gasteiger partial charge in [0.25, 0.3) is 0 Å². The summed E-state index contributed by atoms with van der Waals surface area (Å²) >= 11 is 0. The lowest BCUT2D eigenvalue weighted by Gasteiger charge is -2.22. The molecule has 0 fully saturated rings. The van der Waals surface area contributed by atoms with Crippen LogP contribution < -0.4 is 5.73 Å². The topological polar surface area (TPSA) is 46.2 Å². The zero-order valence-corrected chi connectivity index (χ0v) is 12.3. The van der Waals surface area contributed by atoms with E-state index in [1.807, 2.05) is 12.1 Å². The van der Waals surface area contributed by atoms with Crippen molar-refractivity contribution in [1.82, 2.24) is 0 Å². The van der Waals surface area contributed by atoms with Crippen LogP contribution in [-0.4, -0.2) is 17.8 Å². The molecule has 2 aromatic carbocycles. The Hall–Kier alpha value is -1.71. The van der Waals surface area contributed by atoms with Crippen molar-refractivity contribution in [3.05, 3.63) is 71.0 Å². The first-order valence-electron chi connectivity index (χ1n) is 7.29. The van der Waals surface area contributed by atoms with Crippen molar-refractivity contribution in [3.63, 3.8) is 0 Å². The van der Waals surface area contributed by atoms with Gasteiger partial charge < -0.3 is 10.8 Å². The Kier molecular flexibility index (Phi) is 5.48. The van der Waals surface area contributed by atoms with E-state index in [9.17, 15) is 9.50 Å². The molecule has 3 heteroatoms. The third-order valence-corrected chi connectivity index (χ3v) is 3.81. The Bertz CT molecular complexity index is 585. The number of benzene rings is 2. The molecule has 112 valence electrons. The first-order valence-corrected chi connectivity index (χ1v) is 7.29. The zero-order chi connectivity index (χ0) is 15.2. The second kappa shape index (κ2) is 7.34. The van der Waals surface area contributed by atoms with Crippen molar-refractivity contribution in [2.24, 2.45) is 5.73 Å². The second-order valence-electron chi connectivity index (χ2n) is 5.49. The van der Waals surface area contributed by atoms with Gasteiger partial charge in [-0.1, -0.05) is 42.0 Å². The van der Waals surface area contributed by atoms with Crippen molar-refractivity contribution in [3.8, 4) is 0 Å². The van der Waals surface area contributed by atoms with E-state index in [1.165, 1.54) is 23.3 Å². The zero-order valence-electron chi connectivity index (χ0n) is 12.3. The Morgan fingerprint density at radius 3 is 2.57 bits per heavy atom. The summed E-state index contributed by atoms with van der Waals surface area (Å²) in [6, 6.07) is 14.6. The van der Waals surface area contributed by atoms with Crippen LogP contribution in [0.4, 0.5) is 4.39 Å². The van der Waals surface area contributed by atoms with Crippen LogP contribution in [0.1, 0.15) is 29.0 Å². The van der Waals surface area contributed by atoms with E-state index >= 15 is 0 Å². The van der Waals surface area contributed by atoms with Gasteiger partial charge in [-0.15, -0.1) is 0 Å². The van der Waals surface area contributed by atoms with Crippen LogP contribution in [0.3, 0.4) is 0 Å². The van der Waals surface area contributed by atoms with E-state index < -0.39 is 6.10 Å². The maximum Gasteiger partial charge on any atom is 0.123 e. The Morgan fingerprint density at radius 1 is 1.14 bits per heavy atom. The lowest BCUT2D eigenvalue weighted by atomic mass is 9.90. The average Bonchev–Trinajstić information content (AvgIpc) is 2.46. The SMILES string of the molecule is Cc1cccc(CCC(O)C(CN)c2cccc(F)c2)c1. The first-order chi connectivity index (χ1) is 10.1. The maximum absolute atomic E-state index is 13.3. The molecule has 2 rings (SSSR count). The van der Waals surface area contributed by atoms with Crippen molar-refractivity contribution in [2.75, 3.05) is 6.54 Å². The van der Waals surface area contributed by atoms with Crippen molar-refractivity contribution < 1.29 is 9.50 Å². The van der Waals surface area contributed by atoms with E-state index in [0.717, 1.165) is 12.0 Å². The highest BCUT2D eigenvalue weighted by Crippen LogP contribution is 2.23. The van der Waals surface area contributed by atoms with Gasteiger partial charge in [-0.05, 0) is 43.0 Å². The molecule has 21 heavy (non-hydrogen) atoms. The van der Waals surface area contributed by atoms with Gasteiger partial charge in [0.1, 0.15) is 5.82 Å². The minimum atomic E-state index is -0.572. The van der Waals surface area contributed by atoms with Crippen molar-refractivity contribution in [2.45, 2.75) is 31.8 Å². The number of aliphatic hydroxyl groups excluding tert-OH is 1. The van der Waals surface area contributed by atoms with Crippen LogP contribution in [-0.2, 0) is 6.42 Å². The van der Waals surface area contributed by atoms with Gasteiger partial charge in [0, 0.05) is 12.5 Å². The number of aryl methyl sites for hydroxylation is 2. The van der Waals surface area contributed by atoms with Crippen molar-refractivity contribution >= 4 is 0 Å². The quantitative estimate of drug-likeness (QED) is 0.857. The molecule has 3 N–H and O–H groups in total. The summed E-state index contributed by atoms with van der Waals surface area (Å²) in [7, 11) is 0. The highest BCUT2D eigenvalue weighted by Gasteiger charge is 2.20. The molecular weight excluding hydrogens is 265 g/mol. The van der Waals surface area contributed by atoms with E-state index in [-0.39, 0.29) is 11.7 Å². The third-order valence-electron chi connectivity index (χ3n) is 3.81. The molecule has 0 amide bonds. The smallest absolute Gasteiger partial charge is 0.123 e. The molecule has 0 heterocycles. The predicted molar refractivity (Wildman–Crippen MR) is 83.7 cm³/mol. The molecule has 0 radical (unpaired) electrons. The van der Waals surface area contributed by atoms with Gasteiger partial charge in [0.2, 0.25) is 0 Å². The molecule has 0 aliphatic heterocycles. The minimum absolute atomic E-state index is 0.231. The van der Waals surface area contributed by atoms with E-state index in [2.05, 4.69) is 25.1 Å². The number of hydrogen-bond acceptors (Lipinski definition) is 2. The molecule has 0 aliphatic carbocycles. The van der Waals surface area contributed by atoms with Gasteiger partial charge in [-0.3, -0.25) is 0 Å². The summed E-state index contributed by atoms with van der Waals surface area (Å²) in [4.78, 5) is 0. The van der Waals surface area contributed by atoms with Gasteiger partial charge in [0.15, 0.2) is 0 Å². The van der Waals surface area contributed by atoms with Crippen LogP contribution in [0.25, 0.3) is 0 Å². The monoisotopic (exact) mass is 287 g/mol. The molecule has 0 spiro atoms. The van der Waals surface area contributed by atoms with Crippen LogP contribution in [0.15, 0.2) is 48.5 Å². The van der Waals surface area contributed by atoms with E-state index in [0.29, 0.717) is 13.0 Å². The Labute approximate surface area is 125 Å². The van der Waals surface area contributed by atoms with Gasteiger partial charge in [-0.2, -0.15) is 0 Å². The van der Waals surface area contributed by atoms with Crippen LogP contribution in [0.2, 0.25) is 0 Å². The summed E-state index contributed by atoms with van der Waals surface area (Å²) in [5.74, 6) is -0.526. The number of aliphatic hydroxyl groups is 1. The number of nitrogens with two attached hydrogens (primary N) is 1. The molecule has 0 aromatic heterocycles. The van der Waals surface area contributed by atoms with Gasteiger partial charge in [-0.25, -0.2) is 4.39 Å². The third kappa shape index (κ3) is 4.38.